The molecule has 0 radical (unpaired) electrons. The Kier molecular flexibility index (Phi) is 4.07. The van der Waals surface area contributed by atoms with Crippen molar-refractivity contribution in [3.8, 4) is 16.9 Å². The van der Waals surface area contributed by atoms with E-state index in [0.717, 1.165) is 37.4 Å². The summed E-state index contributed by atoms with van der Waals surface area (Å²) in [6.07, 6.45) is -4.65. The maximum Gasteiger partial charge on any atom is 0.419 e. The molecular weight excluding hydrogens is 304 g/mol. The van der Waals surface area contributed by atoms with Gasteiger partial charge >= 0.3 is 12.1 Å². The first-order valence-corrected chi connectivity index (χ1v) is 6.02. The standard InChI is InChI=1S/C15H10F4O3/c1-22-13-5-3-8(6-11(13)15(17,18)19)10-4-2-9(14(20)21)7-12(10)16/h2-7H,1H3,(H,20,21). The van der Waals surface area contributed by atoms with Gasteiger partial charge in [0.05, 0.1) is 18.2 Å². The van der Waals surface area contributed by atoms with Crippen molar-refractivity contribution in [1.29, 1.82) is 0 Å². The zero-order valence-electron chi connectivity index (χ0n) is 11.2. The SMILES string of the molecule is COc1ccc(-c2ccc(C(=O)O)cc2F)cc1C(F)(F)F. The highest BCUT2D eigenvalue weighted by Gasteiger charge is 2.34. The minimum atomic E-state index is -4.65. The third kappa shape index (κ3) is 3.03. The number of hydrogen-bond acceptors (Lipinski definition) is 2. The quantitative estimate of drug-likeness (QED) is 0.863. The molecular formula is C15H10F4O3. The Hall–Kier alpha value is -2.57. The van der Waals surface area contributed by atoms with E-state index in [0.29, 0.717) is 0 Å². The van der Waals surface area contributed by atoms with Gasteiger partial charge in [-0.25, -0.2) is 9.18 Å². The third-order valence-electron chi connectivity index (χ3n) is 3.03. The van der Waals surface area contributed by atoms with Gasteiger partial charge in [0, 0.05) is 5.56 Å². The summed E-state index contributed by atoms with van der Waals surface area (Å²) < 4.78 is 57.4. The minimum absolute atomic E-state index is 0.0254. The van der Waals surface area contributed by atoms with Crippen molar-refractivity contribution in [2.75, 3.05) is 7.11 Å². The van der Waals surface area contributed by atoms with Crippen LogP contribution in [0.25, 0.3) is 11.1 Å². The lowest BCUT2D eigenvalue weighted by molar-refractivity contribution is -0.138. The predicted octanol–water partition coefficient (Wildman–Crippen LogP) is 4.22. The lowest BCUT2D eigenvalue weighted by Gasteiger charge is -2.14. The van der Waals surface area contributed by atoms with Gasteiger partial charge in [-0.05, 0) is 29.8 Å². The van der Waals surface area contributed by atoms with Crippen molar-refractivity contribution in [3.05, 3.63) is 53.3 Å². The summed E-state index contributed by atoms with van der Waals surface area (Å²) in [6, 6.07) is 6.13. The maximum atomic E-state index is 13.9. The molecule has 0 unspecified atom stereocenters. The number of carboxylic acids is 1. The number of ether oxygens (including phenoxy) is 1. The monoisotopic (exact) mass is 314 g/mol. The maximum absolute atomic E-state index is 13.9. The normalized spacial score (nSPS) is 11.3. The molecule has 0 amide bonds. The van der Waals surface area contributed by atoms with Crippen LogP contribution < -0.4 is 4.74 Å². The van der Waals surface area contributed by atoms with Gasteiger partial charge in [-0.2, -0.15) is 13.2 Å². The molecule has 0 aliphatic rings. The van der Waals surface area contributed by atoms with E-state index < -0.39 is 23.5 Å². The second-order valence-electron chi connectivity index (χ2n) is 4.41. The summed E-state index contributed by atoms with van der Waals surface area (Å²) in [6.45, 7) is 0. The summed E-state index contributed by atoms with van der Waals surface area (Å²) >= 11 is 0. The number of benzene rings is 2. The smallest absolute Gasteiger partial charge is 0.419 e. The largest absolute Gasteiger partial charge is 0.496 e. The average Bonchev–Trinajstić information content (AvgIpc) is 2.45. The van der Waals surface area contributed by atoms with Crippen molar-refractivity contribution in [2.24, 2.45) is 0 Å². The molecule has 0 spiro atoms. The van der Waals surface area contributed by atoms with E-state index in [1.165, 1.54) is 6.07 Å². The van der Waals surface area contributed by atoms with E-state index in [9.17, 15) is 22.4 Å². The zero-order valence-corrected chi connectivity index (χ0v) is 11.2. The first-order chi connectivity index (χ1) is 10.2. The number of aromatic carboxylic acids is 1. The highest BCUT2D eigenvalue weighted by atomic mass is 19.4. The molecule has 0 aliphatic heterocycles. The highest BCUT2D eigenvalue weighted by Crippen LogP contribution is 2.39. The molecule has 0 atom stereocenters. The molecule has 0 fully saturated rings. The van der Waals surface area contributed by atoms with Crippen LogP contribution in [0.3, 0.4) is 0 Å². The van der Waals surface area contributed by atoms with Crippen LogP contribution in [0, 0.1) is 5.82 Å². The first kappa shape index (κ1) is 15.8. The van der Waals surface area contributed by atoms with Crippen molar-refractivity contribution >= 4 is 5.97 Å². The first-order valence-electron chi connectivity index (χ1n) is 6.02. The molecule has 0 aromatic heterocycles. The third-order valence-corrected chi connectivity index (χ3v) is 3.03. The van der Waals surface area contributed by atoms with Crippen LogP contribution in [0.15, 0.2) is 36.4 Å². The van der Waals surface area contributed by atoms with E-state index in [2.05, 4.69) is 4.74 Å². The van der Waals surface area contributed by atoms with Gasteiger partial charge in [0.25, 0.3) is 0 Å². The molecule has 2 aromatic rings. The van der Waals surface area contributed by atoms with Gasteiger partial charge in [0.2, 0.25) is 0 Å². The predicted molar refractivity (Wildman–Crippen MR) is 70.3 cm³/mol. The molecule has 7 heteroatoms. The molecule has 2 aromatic carbocycles. The molecule has 22 heavy (non-hydrogen) atoms. The van der Waals surface area contributed by atoms with Gasteiger partial charge < -0.3 is 9.84 Å². The van der Waals surface area contributed by atoms with E-state index in [1.807, 2.05) is 0 Å². The average molecular weight is 314 g/mol. The van der Waals surface area contributed by atoms with Crippen LogP contribution in [0.4, 0.5) is 17.6 Å². The zero-order chi connectivity index (χ0) is 16.5. The number of rotatable bonds is 3. The molecule has 3 nitrogen and oxygen atoms in total. The fourth-order valence-electron chi connectivity index (χ4n) is 1.98. The molecule has 2 rings (SSSR count). The van der Waals surface area contributed by atoms with E-state index in [4.69, 9.17) is 5.11 Å². The van der Waals surface area contributed by atoms with Crippen molar-refractivity contribution in [2.45, 2.75) is 6.18 Å². The second-order valence-corrected chi connectivity index (χ2v) is 4.41. The van der Waals surface area contributed by atoms with Crippen LogP contribution in [0.2, 0.25) is 0 Å². The molecule has 1 N–H and O–H groups in total. The van der Waals surface area contributed by atoms with Gasteiger partial charge in [-0.1, -0.05) is 12.1 Å². The van der Waals surface area contributed by atoms with Crippen LogP contribution in [0.5, 0.6) is 5.75 Å². The van der Waals surface area contributed by atoms with Crippen molar-refractivity contribution in [3.63, 3.8) is 0 Å². The van der Waals surface area contributed by atoms with Gasteiger partial charge in [0.1, 0.15) is 11.6 Å². The lowest BCUT2D eigenvalue weighted by Crippen LogP contribution is -2.07. The Bertz CT molecular complexity index is 723. The fourth-order valence-corrected chi connectivity index (χ4v) is 1.98. The molecule has 0 heterocycles. The van der Waals surface area contributed by atoms with Crippen molar-refractivity contribution in [1.82, 2.24) is 0 Å². The molecule has 0 aliphatic carbocycles. The second kappa shape index (κ2) is 5.67. The van der Waals surface area contributed by atoms with Gasteiger partial charge in [-0.15, -0.1) is 0 Å². The van der Waals surface area contributed by atoms with E-state index in [-0.39, 0.29) is 22.4 Å². The Morgan fingerprint density at radius 2 is 1.82 bits per heavy atom. The summed E-state index contributed by atoms with van der Waals surface area (Å²) in [7, 11) is 1.10. The lowest BCUT2D eigenvalue weighted by atomic mass is 10.00. The molecule has 0 saturated carbocycles. The Morgan fingerprint density at radius 3 is 2.32 bits per heavy atom. The van der Waals surface area contributed by atoms with Crippen LogP contribution in [0.1, 0.15) is 15.9 Å². The Morgan fingerprint density at radius 1 is 1.14 bits per heavy atom. The summed E-state index contributed by atoms with van der Waals surface area (Å²) in [5.41, 5.74) is -1.47. The summed E-state index contributed by atoms with van der Waals surface area (Å²) in [5, 5.41) is 8.76. The number of alkyl halides is 3. The van der Waals surface area contributed by atoms with Gasteiger partial charge in [0.15, 0.2) is 0 Å². The highest BCUT2D eigenvalue weighted by molar-refractivity contribution is 5.88. The minimum Gasteiger partial charge on any atom is -0.496 e. The molecule has 0 saturated heterocycles. The Labute approximate surface area is 122 Å². The number of carboxylic acid groups (broad SMARTS) is 1. The van der Waals surface area contributed by atoms with Gasteiger partial charge in [-0.3, -0.25) is 0 Å². The van der Waals surface area contributed by atoms with Crippen LogP contribution in [-0.4, -0.2) is 18.2 Å². The number of halogens is 4. The Balaban J connectivity index is 2.56. The number of hydrogen-bond donors (Lipinski definition) is 1. The summed E-state index contributed by atoms with van der Waals surface area (Å²) in [5.74, 6) is -2.62. The summed E-state index contributed by atoms with van der Waals surface area (Å²) in [4.78, 5) is 10.7. The van der Waals surface area contributed by atoms with Crippen molar-refractivity contribution < 1.29 is 32.2 Å². The molecule has 0 bridgehead atoms. The number of carbonyl (C=O) groups is 1. The van der Waals surface area contributed by atoms with Crippen LogP contribution >= 0.6 is 0 Å². The molecule has 116 valence electrons. The van der Waals surface area contributed by atoms with E-state index >= 15 is 0 Å². The van der Waals surface area contributed by atoms with E-state index in [1.54, 1.807) is 0 Å². The number of methoxy groups -OCH3 is 1. The topological polar surface area (TPSA) is 46.5 Å². The van der Waals surface area contributed by atoms with Crippen LogP contribution in [-0.2, 0) is 6.18 Å². The fraction of sp³-hybridized carbons (Fsp3) is 0.133.